The molecule has 0 unspecified atom stereocenters. The number of pyridine rings is 1. The van der Waals surface area contributed by atoms with E-state index in [1.54, 1.807) is 18.0 Å². The van der Waals surface area contributed by atoms with Gasteiger partial charge in [0.2, 0.25) is 10.0 Å². The fourth-order valence-electron chi connectivity index (χ4n) is 2.81. The molecule has 1 aliphatic rings. The molecule has 1 aliphatic heterocycles. The Labute approximate surface area is 150 Å². The molecule has 4 nitrogen and oxygen atoms in total. The molecule has 2 heterocycles. The van der Waals surface area contributed by atoms with Gasteiger partial charge in [0.15, 0.2) is 4.90 Å². The van der Waals surface area contributed by atoms with Gasteiger partial charge >= 0.3 is 0 Å². The summed E-state index contributed by atoms with van der Waals surface area (Å²) in [5.41, 5.74) is 0. The molecule has 134 valence electrons. The minimum Gasteiger partial charge on any atom is -0.250 e. The van der Waals surface area contributed by atoms with Gasteiger partial charge in [-0.2, -0.15) is 4.31 Å². The Kier molecular flexibility index (Phi) is 5.71. The predicted molar refractivity (Wildman–Crippen MR) is 92.8 cm³/mol. The van der Waals surface area contributed by atoms with E-state index in [0.29, 0.717) is 18.8 Å². The van der Waals surface area contributed by atoms with Gasteiger partial charge in [-0.15, -0.1) is 11.8 Å². The number of piperidine rings is 1. The summed E-state index contributed by atoms with van der Waals surface area (Å²) in [5.74, 6) is -0.900. The van der Waals surface area contributed by atoms with E-state index in [0.717, 1.165) is 29.0 Å². The molecule has 8 heteroatoms. The molecule has 0 saturated carbocycles. The zero-order valence-electron chi connectivity index (χ0n) is 13.4. The minimum absolute atomic E-state index is 0.267. The van der Waals surface area contributed by atoms with E-state index >= 15 is 0 Å². The number of aromatic nitrogens is 1. The maximum Gasteiger partial charge on any atom is 0.248 e. The fraction of sp³-hybridized carbons (Fsp3) is 0.353. The molecular formula is C17H18F2N2O2S2. The molecule has 2 aromatic rings. The van der Waals surface area contributed by atoms with Gasteiger partial charge in [0, 0.05) is 25.0 Å². The van der Waals surface area contributed by atoms with Crippen LogP contribution in [0.15, 0.2) is 52.5 Å². The normalized spacial score (nSPS) is 16.9. The summed E-state index contributed by atoms with van der Waals surface area (Å²) in [6.45, 7) is 0.535. The van der Waals surface area contributed by atoms with Gasteiger partial charge in [0.25, 0.3) is 0 Å². The summed E-state index contributed by atoms with van der Waals surface area (Å²) in [6.07, 6.45) is 3.06. The van der Waals surface area contributed by atoms with Crippen molar-refractivity contribution in [2.24, 2.45) is 5.92 Å². The number of rotatable bonds is 5. The van der Waals surface area contributed by atoms with Crippen molar-refractivity contribution in [1.82, 2.24) is 9.29 Å². The molecule has 0 spiro atoms. The second kappa shape index (κ2) is 7.80. The van der Waals surface area contributed by atoms with E-state index in [1.165, 1.54) is 4.31 Å². The smallest absolute Gasteiger partial charge is 0.248 e. The lowest BCUT2D eigenvalue weighted by Gasteiger charge is -2.31. The highest BCUT2D eigenvalue weighted by Crippen LogP contribution is 2.29. The Morgan fingerprint density at radius 2 is 1.76 bits per heavy atom. The maximum atomic E-state index is 13.8. The van der Waals surface area contributed by atoms with E-state index in [9.17, 15) is 17.2 Å². The van der Waals surface area contributed by atoms with Gasteiger partial charge in [-0.25, -0.2) is 22.2 Å². The average molecular weight is 384 g/mol. The topological polar surface area (TPSA) is 50.3 Å². The van der Waals surface area contributed by atoms with E-state index < -0.39 is 26.6 Å². The molecule has 1 saturated heterocycles. The Bertz CT molecular complexity index is 804. The summed E-state index contributed by atoms with van der Waals surface area (Å²) in [7, 11) is -4.15. The number of halogens is 2. The van der Waals surface area contributed by atoms with Crippen molar-refractivity contribution in [2.75, 3.05) is 18.8 Å². The highest BCUT2D eigenvalue weighted by molar-refractivity contribution is 7.99. The standard InChI is InChI=1S/C17H18F2N2O2S2/c18-14-4-3-5-15(19)17(14)25(22,23)21-10-7-13(8-11-21)12-24-16-6-1-2-9-20-16/h1-6,9,13H,7-8,10-12H2. The molecule has 1 fully saturated rings. The highest BCUT2D eigenvalue weighted by atomic mass is 32.2. The van der Waals surface area contributed by atoms with E-state index in [-0.39, 0.29) is 13.1 Å². The van der Waals surface area contributed by atoms with Crippen LogP contribution in [0.4, 0.5) is 8.78 Å². The molecule has 3 rings (SSSR count). The second-order valence-electron chi connectivity index (χ2n) is 5.88. The van der Waals surface area contributed by atoms with Crippen molar-refractivity contribution in [2.45, 2.75) is 22.8 Å². The molecule has 0 bridgehead atoms. The Balaban J connectivity index is 1.62. The lowest BCUT2D eigenvalue weighted by Crippen LogP contribution is -2.39. The SMILES string of the molecule is O=S(=O)(c1c(F)cccc1F)N1CCC(CSc2ccccn2)CC1. The predicted octanol–water partition coefficient (Wildman–Crippen LogP) is 3.55. The number of nitrogens with zero attached hydrogens (tertiary/aromatic N) is 2. The third-order valence-corrected chi connectivity index (χ3v) is 7.32. The monoisotopic (exact) mass is 384 g/mol. The molecule has 0 radical (unpaired) electrons. The minimum atomic E-state index is -4.15. The zero-order chi connectivity index (χ0) is 17.9. The van der Waals surface area contributed by atoms with Crippen LogP contribution in [0.5, 0.6) is 0 Å². The van der Waals surface area contributed by atoms with Gasteiger partial charge in [-0.05, 0) is 43.0 Å². The molecule has 1 aromatic carbocycles. The molecular weight excluding hydrogens is 366 g/mol. The van der Waals surface area contributed by atoms with Crippen molar-refractivity contribution in [3.05, 3.63) is 54.2 Å². The summed E-state index contributed by atoms with van der Waals surface area (Å²) in [6, 6.07) is 8.80. The largest absolute Gasteiger partial charge is 0.250 e. The summed E-state index contributed by atoms with van der Waals surface area (Å²) >= 11 is 1.64. The van der Waals surface area contributed by atoms with Crippen LogP contribution in [-0.4, -0.2) is 36.5 Å². The van der Waals surface area contributed by atoms with Crippen molar-refractivity contribution in [1.29, 1.82) is 0 Å². The van der Waals surface area contributed by atoms with Crippen LogP contribution in [0, 0.1) is 17.6 Å². The van der Waals surface area contributed by atoms with Crippen molar-refractivity contribution < 1.29 is 17.2 Å². The Morgan fingerprint density at radius 3 is 2.36 bits per heavy atom. The number of hydrogen-bond acceptors (Lipinski definition) is 4. The summed E-state index contributed by atoms with van der Waals surface area (Å²) in [5, 5.41) is 0.936. The Morgan fingerprint density at radius 1 is 1.08 bits per heavy atom. The van der Waals surface area contributed by atoms with Gasteiger partial charge in [-0.1, -0.05) is 12.1 Å². The molecule has 0 aliphatic carbocycles. The first-order valence-electron chi connectivity index (χ1n) is 7.96. The third-order valence-electron chi connectivity index (χ3n) is 4.19. The van der Waals surface area contributed by atoms with Gasteiger partial charge in [0.1, 0.15) is 11.6 Å². The van der Waals surface area contributed by atoms with Crippen molar-refractivity contribution >= 4 is 21.8 Å². The lowest BCUT2D eigenvalue weighted by molar-refractivity contribution is 0.289. The van der Waals surface area contributed by atoms with Crippen LogP contribution in [0.25, 0.3) is 0 Å². The first kappa shape index (κ1) is 18.3. The van der Waals surface area contributed by atoms with Gasteiger partial charge < -0.3 is 0 Å². The Hall–Kier alpha value is -1.51. The summed E-state index contributed by atoms with van der Waals surface area (Å²) in [4.78, 5) is 3.40. The van der Waals surface area contributed by atoms with Crippen molar-refractivity contribution in [3.8, 4) is 0 Å². The van der Waals surface area contributed by atoms with Crippen LogP contribution in [0.1, 0.15) is 12.8 Å². The first-order chi connectivity index (χ1) is 12.0. The number of thioether (sulfide) groups is 1. The van der Waals surface area contributed by atoms with Gasteiger partial charge in [0.05, 0.1) is 5.03 Å². The van der Waals surface area contributed by atoms with Crippen LogP contribution >= 0.6 is 11.8 Å². The maximum absolute atomic E-state index is 13.8. The van der Waals surface area contributed by atoms with E-state index in [2.05, 4.69) is 4.98 Å². The number of benzene rings is 1. The molecule has 0 amide bonds. The quantitative estimate of drug-likeness (QED) is 0.740. The third kappa shape index (κ3) is 4.19. The molecule has 0 atom stereocenters. The second-order valence-corrected chi connectivity index (χ2v) is 8.79. The molecule has 1 aromatic heterocycles. The van der Waals surface area contributed by atoms with E-state index in [1.807, 2.05) is 18.2 Å². The molecule has 25 heavy (non-hydrogen) atoms. The van der Waals surface area contributed by atoms with Crippen LogP contribution in [-0.2, 0) is 10.0 Å². The average Bonchev–Trinajstić information content (AvgIpc) is 2.61. The fourth-order valence-corrected chi connectivity index (χ4v) is 5.44. The number of sulfonamides is 1. The van der Waals surface area contributed by atoms with E-state index in [4.69, 9.17) is 0 Å². The summed E-state index contributed by atoms with van der Waals surface area (Å²) < 4.78 is 53.9. The van der Waals surface area contributed by atoms with Crippen LogP contribution in [0.2, 0.25) is 0 Å². The van der Waals surface area contributed by atoms with Gasteiger partial charge in [-0.3, -0.25) is 0 Å². The highest BCUT2D eigenvalue weighted by Gasteiger charge is 2.33. The first-order valence-corrected chi connectivity index (χ1v) is 10.4. The lowest BCUT2D eigenvalue weighted by atomic mass is 10.0. The molecule has 0 N–H and O–H groups in total. The van der Waals surface area contributed by atoms with Crippen molar-refractivity contribution in [3.63, 3.8) is 0 Å². The van der Waals surface area contributed by atoms with Crippen LogP contribution in [0.3, 0.4) is 0 Å². The zero-order valence-corrected chi connectivity index (χ0v) is 15.1. The van der Waals surface area contributed by atoms with Crippen LogP contribution < -0.4 is 0 Å². The number of hydrogen-bond donors (Lipinski definition) is 0.